The first-order valence-corrected chi connectivity index (χ1v) is 10.5. The van der Waals surface area contributed by atoms with Crippen molar-refractivity contribution in [1.82, 2.24) is 9.88 Å². The molecule has 0 saturated carbocycles. The van der Waals surface area contributed by atoms with E-state index in [2.05, 4.69) is 15.0 Å². The molecule has 0 atom stereocenters. The predicted molar refractivity (Wildman–Crippen MR) is 119 cm³/mol. The van der Waals surface area contributed by atoms with E-state index in [1.54, 1.807) is 29.4 Å². The summed E-state index contributed by atoms with van der Waals surface area (Å²) in [6.45, 7) is 2.67. The topological polar surface area (TPSA) is 67.3 Å². The minimum absolute atomic E-state index is 0.0492. The highest BCUT2D eigenvalue weighted by Crippen LogP contribution is 2.34. The normalized spacial score (nSPS) is 14.0. The van der Waals surface area contributed by atoms with Gasteiger partial charge in [0.25, 0.3) is 0 Å². The zero-order chi connectivity index (χ0) is 21.3. The lowest BCUT2D eigenvalue weighted by Crippen LogP contribution is -2.32. The molecule has 2 heterocycles. The lowest BCUT2D eigenvalue weighted by Gasteiger charge is -2.18. The van der Waals surface area contributed by atoms with E-state index in [1.165, 1.54) is 13.3 Å². The Bertz CT molecular complexity index is 857. The summed E-state index contributed by atoms with van der Waals surface area (Å²) in [5, 5.41) is 4.55. The zero-order valence-corrected chi connectivity index (χ0v) is 18.3. The van der Waals surface area contributed by atoms with Gasteiger partial charge in [-0.25, -0.2) is 4.79 Å². The molecular formula is C21H24Cl2N4O3. The molecule has 1 aliphatic rings. The molecule has 1 aromatic heterocycles. The molecule has 0 spiro atoms. The van der Waals surface area contributed by atoms with Crippen LogP contribution in [0.4, 0.5) is 10.5 Å². The summed E-state index contributed by atoms with van der Waals surface area (Å²) in [6.07, 6.45) is 7.61. The molecule has 1 saturated heterocycles. The Morgan fingerprint density at radius 1 is 1.13 bits per heavy atom. The number of halogens is 2. The van der Waals surface area contributed by atoms with Crippen molar-refractivity contribution in [3.05, 3.63) is 52.3 Å². The third-order valence-electron chi connectivity index (χ3n) is 4.72. The van der Waals surface area contributed by atoms with E-state index in [1.807, 2.05) is 17.0 Å². The number of nitrogens with zero attached hydrogens (tertiary/aromatic N) is 4. The van der Waals surface area contributed by atoms with Gasteiger partial charge in [-0.05, 0) is 49.1 Å². The van der Waals surface area contributed by atoms with Crippen molar-refractivity contribution in [2.75, 3.05) is 38.3 Å². The fraction of sp³-hybridized carbons (Fsp3) is 0.381. The molecule has 0 aliphatic carbocycles. The second kappa shape index (κ2) is 11.0. The molecule has 0 N–H and O–H groups in total. The number of benzene rings is 1. The molecule has 1 fully saturated rings. The molecule has 30 heavy (non-hydrogen) atoms. The number of amides is 2. The molecule has 0 unspecified atom stereocenters. The van der Waals surface area contributed by atoms with E-state index in [0.717, 1.165) is 43.6 Å². The lowest BCUT2D eigenvalue weighted by molar-refractivity contribution is 0.215. The molecule has 7 nitrogen and oxygen atoms in total. The second-order valence-corrected chi connectivity index (χ2v) is 7.58. The third kappa shape index (κ3) is 5.77. The number of carbonyl (C=O) groups excluding carboxylic acids is 1. The summed E-state index contributed by atoms with van der Waals surface area (Å²) in [7, 11) is 1.47. The van der Waals surface area contributed by atoms with Crippen LogP contribution in [-0.4, -0.2) is 55.5 Å². The number of unbranched alkanes of at least 4 members (excludes halogenated alkanes) is 2. The van der Waals surface area contributed by atoms with Crippen LogP contribution >= 0.6 is 23.2 Å². The van der Waals surface area contributed by atoms with Crippen molar-refractivity contribution >= 4 is 41.1 Å². The highest BCUT2D eigenvalue weighted by Gasteiger charge is 2.28. The van der Waals surface area contributed by atoms with Crippen LogP contribution in [0.1, 0.15) is 24.8 Å². The van der Waals surface area contributed by atoms with Crippen molar-refractivity contribution in [1.29, 1.82) is 0 Å². The highest BCUT2D eigenvalue weighted by molar-refractivity contribution is 6.37. The fourth-order valence-electron chi connectivity index (χ4n) is 3.21. The number of rotatable bonds is 10. The summed E-state index contributed by atoms with van der Waals surface area (Å²) in [6, 6.07) is 7.20. The van der Waals surface area contributed by atoms with E-state index >= 15 is 0 Å². The lowest BCUT2D eigenvalue weighted by atomic mass is 10.2. The first-order valence-electron chi connectivity index (χ1n) is 9.75. The Labute approximate surface area is 186 Å². The standard InChI is InChI=1S/C21H24Cl2N4O3/c1-29-25-15-16-13-18(22)20(19(23)14-16)30-12-4-2-3-9-26-10-11-27(21(26)28)17-5-7-24-8-6-17/h5-8,13-15H,2-4,9-12H2,1H3. The van der Waals surface area contributed by atoms with Crippen molar-refractivity contribution in [2.45, 2.75) is 19.3 Å². The van der Waals surface area contributed by atoms with Crippen LogP contribution in [0.25, 0.3) is 0 Å². The van der Waals surface area contributed by atoms with Gasteiger partial charge in [0.05, 0.1) is 22.9 Å². The van der Waals surface area contributed by atoms with Crippen LogP contribution in [0.15, 0.2) is 41.8 Å². The quantitative estimate of drug-likeness (QED) is 0.294. The molecule has 1 aromatic carbocycles. The summed E-state index contributed by atoms with van der Waals surface area (Å²) in [5.74, 6) is 0.468. The minimum atomic E-state index is 0.0492. The summed E-state index contributed by atoms with van der Waals surface area (Å²) in [4.78, 5) is 24.9. The molecule has 3 rings (SSSR count). The Morgan fingerprint density at radius 2 is 1.87 bits per heavy atom. The Hall–Kier alpha value is -2.51. The van der Waals surface area contributed by atoms with Gasteiger partial charge >= 0.3 is 6.03 Å². The maximum Gasteiger partial charge on any atom is 0.324 e. The number of ether oxygens (including phenoxy) is 1. The number of urea groups is 1. The smallest absolute Gasteiger partial charge is 0.324 e. The van der Waals surface area contributed by atoms with Crippen molar-refractivity contribution in [3.63, 3.8) is 0 Å². The summed E-state index contributed by atoms with van der Waals surface area (Å²) >= 11 is 12.5. The van der Waals surface area contributed by atoms with Crippen molar-refractivity contribution in [3.8, 4) is 5.75 Å². The van der Waals surface area contributed by atoms with Gasteiger partial charge < -0.3 is 14.5 Å². The van der Waals surface area contributed by atoms with E-state index < -0.39 is 0 Å². The van der Waals surface area contributed by atoms with Gasteiger partial charge in [0, 0.05) is 37.7 Å². The van der Waals surface area contributed by atoms with Crippen molar-refractivity contribution < 1.29 is 14.4 Å². The van der Waals surface area contributed by atoms with Gasteiger partial charge in [-0.2, -0.15) is 0 Å². The SMILES string of the molecule is CON=Cc1cc(Cl)c(OCCCCCN2CCN(c3ccncc3)C2=O)c(Cl)c1. The molecule has 2 aromatic rings. The number of oxime groups is 1. The average molecular weight is 451 g/mol. The molecule has 1 aliphatic heterocycles. The van der Waals surface area contributed by atoms with E-state index in [-0.39, 0.29) is 6.03 Å². The molecular weight excluding hydrogens is 427 g/mol. The molecule has 2 amide bonds. The summed E-state index contributed by atoms with van der Waals surface area (Å²) < 4.78 is 5.76. The maximum atomic E-state index is 12.5. The predicted octanol–water partition coefficient (Wildman–Crippen LogP) is 4.86. The number of anilines is 1. The Balaban J connectivity index is 1.38. The minimum Gasteiger partial charge on any atom is -0.490 e. The average Bonchev–Trinajstić information content (AvgIpc) is 3.11. The van der Waals surface area contributed by atoms with E-state index in [9.17, 15) is 4.79 Å². The Morgan fingerprint density at radius 3 is 2.57 bits per heavy atom. The van der Waals surface area contributed by atoms with Gasteiger partial charge in [-0.15, -0.1) is 0 Å². The third-order valence-corrected chi connectivity index (χ3v) is 5.28. The number of carbonyl (C=O) groups is 1. The monoisotopic (exact) mass is 450 g/mol. The van der Waals surface area contributed by atoms with Gasteiger partial charge in [-0.1, -0.05) is 28.4 Å². The zero-order valence-electron chi connectivity index (χ0n) is 16.8. The van der Waals surface area contributed by atoms with Gasteiger partial charge in [-0.3, -0.25) is 9.88 Å². The van der Waals surface area contributed by atoms with Crippen LogP contribution in [0.2, 0.25) is 10.0 Å². The number of pyridine rings is 1. The van der Waals surface area contributed by atoms with Crippen LogP contribution < -0.4 is 9.64 Å². The Kier molecular flexibility index (Phi) is 8.16. The van der Waals surface area contributed by atoms with Crippen molar-refractivity contribution in [2.24, 2.45) is 5.16 Å². The first kappa shape index (κ1) is 22.2. The van der Waals surface area contributed by atoms with Crippen LogP contribution in [0.3, 0.4) is 0 Å². The number of hydrogen-bond acceptors (Lipinski definition) is 5. The van der Waals surface area contributed by atoms with Crippen LogP contribution in [-0.2, 0) is 4.84 Å². The summed E-state index contributed by atoms with van der Waals surface area (Å²) in [5.41, 5.74) is 1.62. The van der Waals surface area contributed by atoms with Gasteiger partial charge in [0.1, 0.15) is 7.11 Å². The molecule has 160 valence electrons. The molecule has 9 heteroatoms. The van der Waals surface area contributed by atoms with E-state index in [4.69, 9.17) is 27.9 Å². The van der Waals surface area contributed by atoms with Crippen LogP contribution in [0.5, 0.6) is 5.75 Å². The second-order valence-electron chi connectivity index (χ2n) is 6.77. The maximum absolute atomic E-state index is 12.5. The fourth-order valence-corrected chi connectivity index (χ4v) is 3.83. The number of hydrogen-bond donors (Lipinski definition) is 0. The largest absolute Gasteiger partial charge is 0.490 e. The molecule has 0 radical (unpaired) electrons. The van der Waals surface area contributed by atoms with E-state index in [0.29, 0.717) is 28.9 Å². The highest BCUT2D eigenvalue weighted by atomic mass is 35.5. The van der Waals surface area contributed by atoms with Crippen LogP contribution in [0, 0.1) is 0 Å². The van der Waals surface area contributed by atoms with Gasteiger partial charge in [0.2, 0.25) is 0 Å². The number of aromatic nitrogens is 1. The first-order chi connectivity index (χ1) is 14.6. The van der Waals surface area contributed by atoms with Gasteiger partial charge in [0.15, 0.2) is 5.75 Å². The molecule has 0 bridgehead atoms.